The second kappa shape index (κ2) is 7.22. The van der Waals surface area contributed by atoms with Gasteiger partial charge in [-0.1, -0.05) is 11.6 Å². The quantitative estimate of drug-likeness (QED) is 0.805. The summed E-state index contributed by atoms with van der Waals surface area (Å²) in [5, 5.41) is 6.09. The smallest absolute Gasteiger partial charge is 0.250 e. The normalized spacial score (nSPS) is 19.2. The molecule has 1 saturated heterocycles. The number of amides is 1. The van der Waals surface area contributed by atoms with Crippen LogP contribution in [0.15, 0.2) is 29.2 Å². The molecule has 2 rings (SSSR count). The monoisotopic (exact) mass is 332 g/mol. The van der Waals surface area contributed by atoms with Crippen LogP contribution in [0, 0.1) is 0 Å². The lowest BCUT2D eigenvalue weighted by atomic mass is 10.3. The highest BCUT2D eigenvalue weighted by atomic mass is 35.5. The number of morpholine rings is 1. The van der Waals surface area contributed by atoms with Crippen molar-refractivity contribution in [1.82, 2.24) is 10.6 Å². The van der Waals surface area contributed by atoms with E-state index in [2.05, 4.69) is 10.6 Å². The largest absolute Gasteiger partial charge is 0.366 e. The average Bonchev–Trinajstić information content (AvgIpc) is 2.48. The molecule has 0 radical (unpaired) electrons. The van der Waals surface area contributed by atoms with Gasteiger partial charge in [0.1, 0.15) is 6.10 Å². The summed E-state index contributed by atoms with van der Waals surface area (Å²) < 4.78 is 29.4. The molecule has 1 atom stereocenters. The van der Waals surface area contributed by atoms with Crippen LogP contribution >= 0.6 is 11.6 Å². The molecule has 2 N–H and O–H groups in total. The maximum Gasteiger partial charge on any atom is 0.250 e. The van der Waals surface area contributed by atoms with E-state index in [1.165, 1.54) is 24.3 Å². The van der Waals surface area contributed by atoms with Crippen molar-refractivity contribution in [3.05, 3.63) is 29.3 Å². The van der Waals surface area contributed by atoms with E-state index in [-0.39, 0.29) is 23.1 Å². The van der Waals surface area contributed by atoms with Crippen LogP contribution in [0.1, 0.15) is 0 Å². The molecule has 1 heterocycles. The SMILES string of the molecule is O=C(NCCS(=O)(=O)c1ccc(Cl)cc1)C1CNCCO1. The van der Waals surface area contributed by atoms with E-state index in [0.29, 0.717) is 24.7 Å². The van der Waals surface area contributed by atoms with Gasteiger partial charge in [0.15, 0.2) is 9.84 Å². The van der Waals surface area contributed by atoms with E-state index in [0.717, 1.165) is 0 Å². The van der Waals surface area contributed by atoms with Gasteiger partial charge in [0.2, 0.25) is 5.91 Å². The van der Waals surface area contributed by atoms with Crippen LogP contribution < -0.4 is 10.6 Å². The van der Waals surface area contributed by atoms with E-state index in [4.69, 9.17) is 16.3 Å². The van der Waals surface area contributed by atoms with Gasteiger partial charge >= 0.3 is 0 Å². The zero-order chi connectivity index (χ0) is 15.3. The number of rotatable bonds is 5. The first-order valence-electron chi connectivity index (χ1n) is 6.57. The second-order valence-corrected chi connectivity index (χ2v) is 7.17. The van der Waals surface area contributed by atoms with Crippen LogP contribution in [0.4, 0.5) is 0 Å². The first-order valence-corrected chi connectivity index (χ1v) is 8.60. The van der Waals surface area contributed by atoms with Gasteiger partial charge in [0.05, 0.1) is 17.3 Å². The van der Waals surface area contributed by atoms with E-state index in [9.17, 15) is 13.2 Å². The summed E-state index contributed by atoms with van der Waals surface area (Å²) >= 11 is 5.72. The summed E-state index contributed by atoms with van der Waals surface area (Å²) in [7, 11) is -3.43. The van der Waals surface area contributed by atoms with Gasteiger partial charge in [0, 0.05) is 24.7 Å². The third kappa shape index (κ3) is 4.67. The number of nitrogens with one attached hydrogen (secondary N) is 2. The van der Waals surface area contributed by atoms with Gasteiger partial charge in [-0.15, -0.1) is 0 Å². The van der Waals surface area contributed by atoms with Crippen molar-refractivity contribution in [1.29, 1.82) is 0 Å². The Labute approximate surface area is 128 Å². The Kier molecular flexibility index (Phi) is 5.58. The summed E-state index contributed by atoms with van der Waals surface area (Å²) in [6.07, 6.45) is -0.558. The Morgan fingerprint density at radius 2 is 2.10 bits per heavy atom. The predicted molar refractivity (Wildman–Crippen MR) is 79.1 cm³/mol. The molecule has 1 aliphatic rings. The Balaban J connectivity index is 1.84. The molecule has 1 aromatic carbocycles. The van der Waals surface area contributed by atoms with Gasteiger partial charge in [-0.3, -0.25) is 4.79 Å². The fourth-order valence-electron chi connectivity index (χ4n) is 1.92. The zero-order valence-electron chi connectivity index (χ0n) is 11.3. The summed E-state index contributed by atoms with van der Waals surface area (Å²) in [4.78, 5) is 12.0. The standard InChI is InChI=1S/C13H17ClN2O4S/c14-10-1-3-11(4-2-10)21(18,19)8-6-16-13(17)12-9-15-5-7-20-12/h1-4,12,15H,5-9H2,(H,16,17). The van der Waals surface area contributed by atoms with Crippen molar-refractivity contribution in [3.8, 4) is 0 Å². The first kappa shape index (κ1) is 16.2. The Morgan fingerprint density at radius 3 is 2.71 bits per heavy atom. The highest BCUT2D eigenvalue weighted by Crippen LogP contribution is 2.15. The maximum atomic E-state index is 12.1. The molecule has 21 heavy (non-hydrogen) atoms. The molecule has 116 valence electrons. The molecule has 8 heteroatoms. The Bertz CT molecular complexity index is 583. The lowest BCUT2D eigenvalue weighted by molar-refractivity contribution is -0.134. The van der Waals surface area contributed by atoms with Crippen LogP contribution in [0.3, 0.4) is 0 Å². The van der Waals surface area contributed by atoms with E-state index < -0.39 is 15.9 Å². The number of hydrogen-bond donors (Lipinski definition) is 2. The molecule has 0 spiro atoms. The first-order chi connectivity index (χ1) is 9.99. The minimum Gasteiger partial charge on any atom is -0.366 e. The lowest BCUT2D eigenvalue weighted by Crippen LogP contribution is -2.48. The number of carbonyl (C=O) groups excluding carboxylic acids is 1. The maximum absolute atomic E-state index is 12.1. The minimum absolute atomic E-state index is 0.0453. The highest BCUT2D eigenvalue weighted by Gasteiger charge is 2.22. The summed E-state index contributed by atoms with van der Waals surface area (Å²) in [5.41, 5.74) is 0. The van der Waals surface area contributed by atoms with Crippen molar-refractivity contribution in [2.75, 3.05) is 32.0 Å². The number of benzene rings is 1. The molecule has 0 aliphatic carbocycles. The molecular formula is C13H17ClN2O4S. The zero-order valence-corrected chi connectivity index (χ0v) is 12.9. The van der Waals surface area contributed by atoms with E-state index >= 15 is 0 Å². The van der Waals surface area contributed by atoms with Crippen molar-refractivity contribution in [2.24, 2.45) is 0 Å². The minimum atomic E-state index is -3.43. The van der Waals surface area contributed by atoms with Gasteiger partial charge in [-0.05, 0) is 24.3 Å². The van der Waals surface area contributed by atoms with Gasteiger partial charge in [-0.25, -0.2) is 8.42 Å². The molecule has 0 aromatic heterocycles. The molecule has 1 aliphatic heterocycles. The van der Waals surface area contributed by atoms with Gasteiger partial charge < -0.3 is 15.4 Å². The highest BCUT2D eigenvalue weighted by molar-refractivity contribution is 7.91. The van der Waals surface area contributed by atoms with Crippen molar-refractivity contribution in [3.63, 3.8) is 0 Å². The lowest BCUT2D eigenvalue weighted by Gasteiger charge is -2.22. The number of carbonyl (C=O) groups is 1. The molecule has 0 saturated carbocycles. The van der Waals surface area contributed by atoms with E-state index in [1.807, 2.05) is 0 Å². The average molecular weight is 333 g/mol. The van der Waals surface area contributed by atoms with Crippen LogP contribution in [-0.2, 0) is 19.4 Å². The van der Waals surface area contributed by atoms with Crippen LogP contribution in [-0.4, -0.2) is 52.4 Å². The topological polar surface area (TPSA) is 84.5 Å². The second-order valence-electron chi connectivity index (χ2n) is 4.63. The molecular weight excluding hydrogens is 316 g/mol. The van der Waals surface area contributed by atoms with Crippen LogP contribution in [0.2, 0.25) is 5.02 Å². The van der Waals surface area contributed by atoms with Crippen molar-refractivity contribution < 1.29 is 17.9 Å². The van der Waals surface area contributed by atoms with Crippen molar-refractivity contribution in [2.45, 2.75) is 11.0 Å². The Morgan fingerprint density at radius 1 is 1.38 bits per heavy atom. The van der Waals surface area contributed by atoms with Gasteiger partial charge in [0.25, 0.3) is 0 Å². The van der Waals surface area contributed by atoms with Crippen molar-refractivity contribution >= 4 is 27.3 Å². The molecule has 6 nitrogen and oxygen atoms in total. The molecule has 0 bridgehead atoms. The van der Waals surface area contributed by atoms with E-state index in [1.54, 1.807) is 0 Å². The number of sulfone groups is 1. The summed E-state index contributed by atoms with van der Waals surface area (Å²) in [6, 6.07) is 5.95. The number of hydrogen-bond acceptors (Lipinski definition) is 5. The fraction of sp³-hybridized carbons (Fsp3) is 0.462. The molecule has 1 aromatic rings. The fourth-order valence-corrected chi connectivity index (χ4v) is 3.20. The van der Waals surface area contributed by atoms with Crippen LogP contribution in [0.25, 0.3) is 0 Å². The summed E-state index contributed by atoms with van der Waals surface area (Å²) in [6.45, 7) is 1.68. The summed E-state index contributed by atoms with van der Waals surface area (Å²) in [5.74, 6) is -0.464. The Hall–Kier alpha value is -1.15. The third-order valence-electron chi connectivity index (χ3n) is 3.06. The third-order valence-corrected chi connectivity index (χ3v) is 5.05. The molecule has 1 unspecified atom stereocenters. The van der Waals surface area contributed by atoms with Gasteiger partial charge in [-0.2, -0.15) is 0 Å². The number of halogens is 1. The number of ether oxygens (including phenoxy) is 1. The molecule has 1 amide bonds. The predicted octanol–water partition coefficient (Wildman–Crippen LogP) is 0.218. The molecule has 1 fully saturated rings. The van der Waals surface area contributed by atoms with Crippen LogP contribution in [0.5, 0.6) is 0 Å².